The molecule has 7 nitrogen and oxygen atoms in total. The number of nitrogens with one attached hydrogen (secondary N) is 1. The number of amides is 1. The molecule has 0 aliphatic carbocycles. The lowest BCUT2D eigenvalue weighted by atomic mass is 9.95. The maximum absolute atomic E-state index is 14.7. The molecule has 1 N–H and O–H groups in total. The molecule has 4 aromatic rings. The molecular formula is C31H31N2O5P. The lowest BCUT2D eigenvalue weighted by Gasteiger charge is -2.40. The van der Waals surface area contributed by atoms with Crippen LogP contribution in [0.1, 0.15) is 23.6 Å². The topological polar surface area (TPSA) is 77.1 Å². The van der Waals surface area contributed by atoms with Crippen LogP contribution in [0.15, 0.2) is 109 Å². The molecule has 0 radical (unpaired) electrons. The Morgan fingerprint density at radius 1 is 0.846 bits per heavy atom. The van der Waals surface area contributed by atoms with E-state index in [0.717, 1.165) is 16.7 Å². The van der Waals surface area contributed by atoms with Crippen LogP contribution in [0.25, 0.3) is 0 Å². The van der Waals surface area contributed by atoms with Crippen LogP contribution in [0, 0.1) is 0 Å². The van der Waals surface area contributed by atoms with Crippen molar-refractivity contribution < 1.29 is 23.5 Å². The second-order valence-electron chi connectivity index (χ2n) is 9.17. The zero-order valence-electron chi connectivity index (χ0n) is 21.7. The van der Waals surface area contributed by atoms with Gasteiger partial charge in [-0.25, -0.2) is 10.2 Å². The standard InChI is InChI=1S/C31H31N2O5P/c1-2-37-39(35,29-19-17-28(18-20-29)38-27-15-7-4-8-16-27)33-22-26-14-10-9-13-25(26)21-30(33)31(34)32-36-23-24-11-5-3-6-12-24/h3-20,30H,2,21-23H2,1H3,(H,32,34)/t30-,39?/m1/s1. The highest BCUT2D eigenvalue weighted by Crippen LogP contribution is 2.53. The molecule has 0 aromatic heterocycles. The van der Waals surface area contributed by atoms with Crippen LogP contribution in [0.4, 0.5) is 0 Å². The maximum atomic E-state index is 14.7. The van der Waals surface area contributed by atoms with Crippen LogP contribution in [0.3, 0.4) is 0 Å². The summed E-state index contributed by atoms with van der Waals surface area (Å²) in [6, 6.07) is 33.2. The fourth-order valence-electron chi connectivity index (χ4n) is 4.65. The van der Waals surface area contributed by atoms with Crippen LogP contribution in [0.5, 0.6) is 11.5 Å². The number of fused-ring (bicyclic) bond motifs is 1. The van der Waals surface area contributed by atoms with Crippen LogP contribution in [-0.2, 0) is 38.3 Å². The van der Waals surface area contributed by atoms with E-state index in [-0.39, 0.29) is 19.1 Å². The molecule has 1 heterocycles. The Morgan fingerprint density at radius 2 is 1.46 bits per heavy atom. The Kier molecular flexibility index (Phi) is 8.54. The molecule has 0 fully saturated rings. The number of nitrogens with zero attached hydrogens (tertiary/aromatic N) is 1. The minimum Gasteiger partial charge on any atom is -0.457 e. The molecule has 1 unspecified atom stereocenters. The van der Waals surface area contributed by atoms with E-state index >= 15 is 0 Å². The summed E-state index contributed by atoms with van der Waals surface area (Å²) in [6.07, 6.45) is 0.378. The van der Waals surface area contributed by atoms with Crippen LogP contribution in [0.2, 0.25) is 0 Å². The second-order valence-corrected chi connectivity index (χ2v) is 11.5. The minimum absolute atomic E-state index is 0.219. The smallest absolute Gasteiger partial charge is 0.303 e. The van der Waals surface area contributed by atoms with Crippen molar-refractivity contribution in [3.05, 3.63) is 126 Å². The molecule has 0 bridgehead atoms. The lowest BCUT2D eigenvalue weighted by molar-refractivity contribution is -0.139. The predicted octanol–water partition coefficient (Wildman–Crippen LogP) is 6.01. The number of hydroxylamine groups is 1. The van der Waals surface area contributed by atoms with Gasteiger partial charge in [0.15, 0.2) is 0 Å². The molecule has 39 heavy (non-hydrogen) atoms. The molecule has 1 aliphatic rings. The maximum Gasteiger partial charge on any atom is 0.303 e. The molecule has 1 aliphatic heterocycles. The number of hydrogen-bond acceptors (Lipinski definition) is 5. The van der Waals surface area contributed by atoms with Crippen LogP contribution >= 0.6 is 7.52 Å². The van der Waals surface area contributed by atoms with Crippen molar-refractivity contribution in [3.63, 3.8) is 0 Å². The molecule has 0 spiro atoms. The predicted molar refractivity (Wildman–Crippen MR) is 151 cm³/mol. The first-order valence-corrected chi connectivity index (χ1v) is 14.5. The Balaban J connectivity index is 1.41. The number of ether oxygens (including phenoxy) is 1. The number of para-hydroxylation sites is 1. The van der Waals surface area contributed by atoms with Crippen molar-refractivity contribution >= 4 is 18.7 Å². The van der Waals surface area contributed by atoms with E-state index in [4.69, 9.17) is 14.1 Å². The Morgan fingerprint density at radius 3 is 2.15 bits per heavy atom. The summed E-state index contributed by atoms with van der Waals surface area (Å²) in [5.41, 5.74) is 5.56. The number of rotatable bonds is 10. The van der Waals surface area contributed by atoms with Gasteiger partial charge in [-0.05, 0) is 66.4 Å². The monoisotopic (exact) mass is 542 g/mol. The number of carbonyl (C=O) groups excluding carboxylic acids is 1. The molecule has 2 atom stereocenters. The average Bonchev–Trinajstić information content (AvgIpc) is 2.98. The van der Waals surface area contributed by atoms with Gasteiger partial charge < -0.3 is 9.26 Å². The molecule has 200 valence electrons. The van der Waals surface area contributed by atoms with E-state index in [1.807, 2.05) is 84.9 Å². The van der Waals surface area contributed by atoms with Crippen molar-refractivity contribution in [2.45, 2.75) is 32.5 Å². The summed E-state index contributed by atoms with van der Waals surface area (Å²) in [4.78, 5) is 19.0. The highest BCUT2D eigenvalue weighted by atomic mass is 31.2. The summed E-state index contributed by atoms with van der Waals surface area (Å²) >= 11 is 0. The lowest BCUT2D eigenvalue weighted by Crippen LogP contribution is -2.50. The first-order valence-electron chi connectivity index (χ1n) is 12.9. The Hall–Kier alpha value is -3.74. The third kappa shape index (κ3) is 6.29. The van der Waals surface area contributed by atoms with Crippen molar-refractivity contribution in [3.8, 4) is 11.5 Å². The molecule has 5 rings (SSSR count). The van der Waals surface area contributed by atoms with Crippen molar-refractivity contribution in [1.82, 2.24) is 10.2 Å². The molecule has 1 amide bonds. The summed E-state index contributed by atoms with van der Waals surface area (Å²) < 4.78 is 28.3. The minimum atomic E-state index is -3.64. The van der Waals surface area contributed by atoms with E-state index in [2.05, 4.69) is 5.48 Å². The summed E-state index contributed by atoms with van der Waals surface area (Å²) in [5, 5.41) is 0.493. The highest BCUT2D eigenvalue weighted by Gasteiger charge is 2.44. The van der Waals surface area contributed by atoms with Gasteiger partial charge in [-0.15, -0.1) is 0 Å². The van der Waals surface area contributed by atoms with Gasteiger partial charge in [0, 0.05) is 6.54 Å². The zero-order valence-corrected chi connectivity index (χ0v) is 22.6. The molecule has 0 saturated carbocycles. The van der Waals surface area contributed by atoms with Gasteiger partial charge in [0.1, 0.15) is 17.5 Å². The fourth-order valence-corrected chi connectivity index (χ4v) is 7.01. The van der Waals surface area contributed by atoms with Gasteiger partial charge in [0.05, 0.1) is 18.5 Å². The van der Waals surface area contributed by atoms with Crippen molar-refractivity contribution in [1.29, 1.82) is 0 Å². The Labute approximate surface area is 228 Å². The van der Waals surface area contributed by atoms with Gasteiger partial charge in [0.2, 0.25) is 0 Å². The van der Waals surface area contributed by atoms with Crippen molar-refractivity contribution in [2.24, 2.45) is 0 Å². The first-order chi connectivity index (χ1) is 19.1. The molecule has 8 heteroatoms. The van der Waals surface area contributed by atoms with Crippen LogP contribution in [-0.4, -0.2) is 23.2 Å². The largest absolute Gasteiger partial charge is 0.457 e. The van der Waals surface area contributed by atoms with Gasteiger partial charge >= 0.3 is 7.52 Å². The number of carbonyl (C=O) groups is 1. The van der Waals surface area contributed by atoms with Crippen molar-refractivity contribution in [2.75, 3.05) is 6.61 Å². The number of benzene rings is 4. The third-order valence-electron chi connectivity index (χ3n) is 6.57. The fraction of sp³-hybridized carbons (Fsp3) is 0.194. The summed E-state index contributed by atoms with van der Waals surface area (Å²) in [5.74, 6) is 0.947. The summed E-state index contributed by atoms with van der Waals surface area (Å²) in [7, 11) is -3.64. The highest BCUT2D eigenvalue weighted by molar-refractivity contribution is 7.64. The van der Waals surface area contributed by atoms with E-state index in [9.17, 15) is 9.36 Å². The zero-order chi connectivity index (χ0) is 27.1. The van der Waals surface area contributed by atoms with Crippen LogP contribution < -0.4 is 15.5 Å². The van der Waals surface area contributed by atoms with E-state index in [1.54, 1.807) is 35.9 Å². The van der Waals surface area contributed by atoms with E-state index in [1.165, 1.54) is 0 Å². The van der Waals surface area contributed by atoms with Gasteiger partial charge in [-0.2, -0.15) is 0 Å². The van der Waals surface area contributed by atoms with Gasteiger partial charge in [-0.1, -0.05) is 72.8 Å². The average molecular weight is 543 g/mol. The van der Waals surface area contributed by atoms with Gasteiger partial charge in [0.25, 0.3) is 5.91 Å². The number of hydrogen-bond donors (Lipinski definition) is 1. The quantitative estimate of drug-likeness (QED) is 0.195. The normalized spacial score (nSPS) is 16.6. The molecule has 0 saturated heterocycles. The Bertz CT molecular complexity index is 1430. The first kappa shape index (κ1) is 26.9. The summed E-state index contributed by atoms with van der Waals surface area (Å²) in [6.45, 7) is 2.54. The SMILES string of the molecule is CCOP(=O)(c1ccc(Oc2ccccc2)cc1)N1Cc2ccccc2C[C@@H]1C(=O)NOCc1ccccc1. The van der Waals surface area contributed by atoms with E-state index < -0.39 is 13.6 Å². The van der Waals surface area contributed by atoms with E-state index in [0.29, 0.717) is 29.8 Å². The molecular weight excluding hydrogens is 511 g/mol. The second kappa shape index (κ2) is 12.4. The third-order valence-corrected chi connectivity index (χ3v) is 9.22. The molecule has 4 aromatic carbocycles. The van der Waals surface area contributed by atoms with Gasteiger partial charge in [-0.3, -0.25) is 14.2 Å².